The van der Waals surface area contributed by atoms with Gasteiger partial charge in [-0.25, -0.2) is 0 Å². The maximum absolute atomic E-state index is 14.5. The molecule has 3 saturated heterocycles. The number of esters is 1. The highest BCUT2D eigenvalue weighted by Crippen LogP contribution is 2.63. The lowest BCUT2D eigenvalue weighted by Crippen LogP contribution is -2.62. The second kappa shape index (κ2) is 9.18. The van der Waals surface area contributed by atoms with Gasteiger partial charge in [0.15, 0.2) is 0 Å². The number of amides is 2. The van der Waals surface area contributed by atoms with Crippen LogP contribution in [-0.4, -0.2) is 81.3 Å². The van der Waals surface area contributed by atoms with Crippen LogP contribution >= 0.6 is 0 Å². The zero-order valence-corrected chi connectivity index (χ0v) is 22.7. The van der Waals surface area contributed by atoms with Crippen molar-refractivity contribution in [3.8, 4) is 0 Å². The molecule has 35 heavy (non-hydrogen) atoms. The van der Waals surface area contributed by atoms with E-state index < -0.39 is 46.6 Å². The highest BCUT2D eigenvalue weighted by atomic mass is 16.6. The molecule has 1 N–H and O–H groups in total. The minimum Gasteiger partial charge on any atom is -0.466 e. The number of nitrogens with zero attached hydrogens (tertiary/aromatic N) is 2. The van der Waals surface area contributed by atoms with Crippen molar-refractivity contribution in [1.82, 2.24) is 9.80 Å². The Balaban J connectivity index is 2.13. The molecular formula is C27H44N2O6. The summed E-state index contributed by atoms with van der Waals surface area (Å²) in [7, 11) is 0. The molecule has 6 atom stereocenters. The standard InChI is InChI=1S/C27H44N2O6/c1-10-14-28(25(7,8)16-24(4,5)6)22(32)20-27-13-12-26(9,35-27)19(23(33)34-11-2)18(27)21(31)29(20)17(3)15-30/h10,17-20,30H,1,11-16H2,2-9H3/t17-,18+,19-,20?,26+,27?/m1/s1. The van der Waals surface area contributed by atoms with Crippen molar-refractivity contribution in [1.29, 1.82) is 0 Å². The molecule has 3 fully saturated rings. The summed E-state index contributed by atoms with van der Waals surface area (Å²) < 4.78 is 12.0. The maximum atomic E-state index is 14.5. The van der Waals surface area contributed by atoms with E-state index in [4.69, 9.17) is 9.47 Å². The van der Waals surface area contributed by atoms with E-state index in [-0.39, 0.29) is 30.4 Å². The Morgan fingerprint density at radius 1 is 1.31 bits per heavy atom. The highest BCUT2D eigenvalue weighted by Gasteiger charge is 2.79. The summed E-state index contributed by atoms with van der Waals surface area (Å²) in [5.41, 5.74) is -2.58. The van der Waals surface area contributed by atoms with Crippen LogP contribution in [0.2, 0.25) is 0 Å². The number of hydrogen-bond donors (Lipinski definition) is 1. The van der Waals surface area contributed by atoms with Gasteiger partial charge in [-0.2, -0.15) is 0 Å². The first-order valence-corrected chi connectivity index (χ1v) is 12.8. The van der Waals surface area contributed by atoms with E-state index in [0.29, 0.717) is 19.4 Å². The van der Waals surface area contributed by atoms with Gasteiger partial charge in [0.25, 0.3) is 0 Å². The van der Waals surface area contributed by atoms with Crippen molar-refractivity contribution >= 4 is 17.8 Å². The van der Waals surface area contributed by atoms with E-state index in [1.807, 2.05) is 20.8 Å². The molecule has 0 saturated carbocycles. The van der Waals surface area contributed by atoms with Crippen LogP contribution in [0.5, 0.6) is 0 Å². The van der Waals surface area contributed by atoms with Crippen molar-refractivity contribution in [2.75, 3.05) is 19.8 Å². The number of hydrogen-bond acceptors (Lipinski definition) is 6. The van der Waals surface area contributed by atoms with Gasteiger partial charge >= 0.3 is 5.97 Å². The van der Waals surface area contributed by atoms with Gasteiger partial charge in [-0.05, 0) is 59.3 Å². The molecular weight excluding hydrogens is 448 g/mol. The van der Waals surface area contributed by atoms with E-state index >= 15 is 0 Å². The first-order valence-electron chi connectivity index (χ1n) is 12.8. The van der Waals surface area contributed by atoms with E-state index in [1.54, 1.807) is 24.8 Å². The van der Waals surface area contributed by atoms with Crippen LogP contribution in [0.25, 0.3) is 0 Å². The lowest BCUT2D eigenvalue weighted by molar-refractivity contribution is -0.162. The summed E-state index contributed by atoms with van der Waals surface area (Å²) in [5.74, 6) is -2.62. The number of aliphatic hydroxyl groups is 1. The Morgan fingerprint density at radius 3 is 2.46 bits per heavy atom. The van der Waals surface area contributed by atoms with Gasteiger partial charge in [0, 0.05) is 12.1 Å². The molecule has 0 aromatic heterocycles. The van der Waals surface area contributed by atoms with Crippen LogP contribution in [0.1, 0.15) is 74.7 Å². The summed E-state index contributed by atoms with van der Waals surface area (Å²) in [6.07, 6.45) is 3.47. The third kappa shape index (κ3) is 4.41. The number of likely N-dealkylation sites (tertiary alicyclic amines) is 1. The summed E-state index contributed by atoms with van der Waals surface area (Å²) in [4.78, 5) is 44.8. The van der Waals surface area contributed by atoms with Gasteiger partial charge in [0.2, 0.25) is 11.8 Å². The Morgan fingerprint density at radius 2 is 1.94 bits per heavy atom. The second-order valence-electron chi connectivity index (χ2n) is 12.5. The predicted molar refractivity (Wildman–Crippen MR) is 132 cm³/mol. The Hall–Kier alpha value is -1.93. The number of fused-ring (bicyclic) bond motifs is 1. The van der Waals surface area contributed by atoms with Gasteiger partial charge in [-0.3, -0.25) is 14.4 Å². The normalized spacial score (nSPS) is 33.0. The average molecular weight is 493 g/mol. The van der Waals surface area contributed by atoms with E-state index in [9.17, 15) is 19.5 Å². The first kappa shape index (κ1) is 27.7. The Bertz CT molecular complexity index is 879. The van der Waals surface area contributed by atoms with Crippen LogP contribution in [0.15, 0.2) is 12.7 Å². The minimum absolute atomic E-state index is 0.0433. The Labute approximate surface area is 210 Å². The Kier molecular flexibility index (Phi) is 7.25. The van der Waals surface area contributed by atoms with Crippen LogP contribution < -0.4 is 0 Å². The van der Waals surface area contributed by atoms with Crippen molar-refractivity contribution < 1.29 is 29.0 Å². The average Bonchev–Trinajstić information content (AvgIpc) is 3.30. The molecule has 0 radical (unpaired) electrons. The number of carbonyl (C=O) groups excluding carboxylic acids is 3. The molecule has 0 aliphatic carbocycles. The fraction of sp³-hybridized carbons (Fsp3) is 0.815. The molecule has 3 aliphatic heterocycles. The van der Waals surface area contributed by atoms with Crippen LogP contribution in [0, 0.1) is 17.3 Å². The van der Waals surface area contributed by atoms with Gasteiger partial charge in [0.1, 0.15) is 17.6 Å². The van der Waals surface area contributed by atoms with Gasteiger partial charge in [-0.15, -0.1) is 6.58 Å². The zero-order valence-electron chi connectivity index (χ0n) is 22.7. The maximum Gasteiger partial charge on any atom is 0.312 e. The lowest BCUT2D eigenvalue weighted by Gasteiger charge is -2.46. The molecule has 3 aliphatic rings. The van der Waals surface area contributed by atoms with Crippen molar-refractivity contribution in [2.24, 2.45) is 17.3 Å². The number of ether oxygens (including phenoxy) is 2. The topological polar surface area (TPSA) is 96.4 Å². The smallest absolute Gasteiger partial charge is 0.312 e. The molecule has 2 amide bonds. The number of aliphatic hydroxyl groups excluding tert-OH is 1. The van der Waals surface area contributed by atoms with Crippen LogP contribution in [0.4, 0.5) is 0 Å². The molecule has 3 rings (SSSR count). The third-order valence-electron chi connectivity index (χ3n) is 8.00. The fourth-order valence-corrected chi connectivity index (χ4v) is 7.10. The van der Waals surface area contributed by atoms with Crippen LogP contribution in [0.3, 0.4) is 0 Å². The molecule has 2 bridgehead atoms. The van der Waals surface area contributed by atoms with Crippen molar-refractivity contribution in [3.63, 3.8) is 0 Å². The summed E-state index contributed by atoms with van der Waals surface area (Å²) >= 11 is 0. The molecule has 198 valence electrons. The monoisotopic (exact) mass is 492 g/mol. The quantitative estimate of drug-likeness (QED) is 0.393. The van der Waals surface area contributed by atoms with E-state index in [2.05, 4.69) is 27.4 Å². The van der Waals surface area contributed by atoms with Gasteiger partial charge < -0.3 is 24.4 Å². The minimum atomic E-state index is -1.14. The molecule has 3 heterocycles. The SMILES string of the molecule is C=CCN(C(=O)C1N([C@H](C)CO)C(=O)[C@@H]2[C@H](C(=O)OCC)[C@]3(C)CCC12O3)C(C)(C)CC(C)(C)C. The molecule has 1 spiro atoms. The second-order valence-corrected chi connectivity index (χ2v) is 12.5. The van der Waals surface area contributed by atoms with E-state index in [1.165, 1.54) is 4.90 Å². The summed E-state index contributed by atoms with van der Waals surface area (Å²) in [5, 5.41) is 10.0. The van der Waals surface area contributed by atoms with Crippen LogP contribution in [-0.2, 0) is 23.9 Å². The number of carbonyl (C=O) groups is 3. The molecule has 0 aromatic rings. The van der Waals surface area contributed by atoms with Crippen molar-refractivity contribution in [2.45, 2.75) is 103 Å². The predicted octanol–water partition coefficient (Wildman–Crippen LogP) is 2.92. The number of rotatable bonds is 9. The van der Waals surface area contributed by atoms with Gasteiger partial charge in [0.05, 0.1) is 30.8 Å². The lowest BCUT2D eigenvalue weighted by atomic mass is 9.66. The molecule has 8 heteroatoms. The van der Waals surface area contributed by atoms with Crippen molar-refractivity contribution in [3.05, 3.63) is 12.7 Å². The summed E-state index contributed by atoms with van der Waals surface area (Å²) in [6, 6.07) is -1.55. The molecule has 2 unspecified atom stereocenters. The zero-order chi connectivity index (χ0) is 26.6. The van der Waals surface area contributed by atoms with Gasteiger partial charge in [-0.1, -0.05) is 26.8 Å². The largest absolute Gasteiger partial charge is 0.466 e. The third-order valence-corrected chi connectivity index (χ3v) is 8.00. The molecule has 0 aromatic carbocycles. The van der Waals surface area contributed by atoms with E-state index in [0.717, 1.165) is 6.42 Å². The summed E-state index contributed by atoms with van der Waals surface area (Å²) in [6.45, 7) is 19.8. The first-order chi connectivity index (χ1) is 16.1. The highest BCUT2D eigenvalue weighted by molar-refractivity contribution is 5.99. The molecule has 8 nitrogen and oxygen atoms in total. The fourth-order valence-electron chi connectivity index (χ4n) is 7.10.